The van der Waals surface area contributed by atoms with Crippen LogP contribution >= 0.6 is 0 Å². The van der Waals surface area contributed by atoms with E-state index in [1.165, 1.54) is 5.69 Å². The van der Waals surface area contributed by atoms with Gasteiger partial charge < -0.3 is 5.11 Å². The highest BCUT2D eigenvalue weighted by atomic mass is 16.3. The number of hydrogen-bond donors (Lipinski definition) is 1. The van der Waals surface area contributed by atoms with Crippen LogP contribution in [0.1, 0.15) is 26.0 Å². The zero-order valence-electron chi connectivity index (χ0n) is 7.70. The van der Waals surface area contributed by atoms with E-state index in [1.54, 1.807) is 6.20 Å². The molecule has 68 valence electrons. The van der Waals surface area contributed by atoms with E-state index in [4.69, 9.17) is 5.11 Å². The molecule has 1 aromatic rings. The number of nitrogens with zero attached hydrogens (tertiary/aromatic N) is 2. The topological polar surface area (TPSA) is 38.0 Å². The first kappa shape index (κ1) is 9.26. The summed E-state index contributed by atoms with van der Waals surface area (Å²) in [4.78, 5) is 0. The van der Waals surface area contributed by atoms with E-state index in [1.807, 2.05) is 17.7 Å². The van der Waals surface area contributed by atoms with Crippen LogP contribution in [0.5, 0.6) is 0 Å². The molecule has 0 spiro atoms. The third-order valence-corrected chi connectivity index (χ3v) is 1.92. The standard InChI is InChI=1S/C9H16N2O/c1-3-11-9(6-7-10-11)5-4-8(2)12/h6-8,12H,3-5H2,1-2H3/t8-/m0/s1. The Balaban J connectivity index is 2.50. The van der Waals surface area contributed by atoms with E-state index in [0.717, 1.165) is 19.4 Å². The van der Waals surface area contributed by atoms with Crippen LogP contribution in [0.2, 0.25) is 0 Å². The van der Waals surface area contributed by atoms with Crippen molar-refractivity contribution < 1.29 is 5.11 Å². The van der Waals surface area contributed by atoms with E-state index < -0.39 is 0 Å². The van der Waals surface area contributed by atoms with Gasteiger partial charge >= 0.3 is 0 Å². The van der Waals surface area contributed by atoms with Gasteiger partial charge in [-0.3, -0.25) is 4.68 Å². The first-order chi connectivity index (χ1) is 5.74. The second-order valence-corrected chi connectivity index (χ2v) is 3.03. The fourth-order valence-electron chi connectivity index (χ4n) is 1.21. The third-order valence-electron chi connectivity index (χ3n) is 1.92. The van der Waals surface area contributed by atoms with Gasteiger partial charge in [0.1, 0.15) is 0 Å². The molecule has 0 aliphatic rings. The van der Waals surface area contributed by atoms with Crippen LogP contribution in [0, 0.1) is 0 Å². The van der Waals surface area contributed by atoms with Crippen LogP contribution in [0.25, 0.3) is 0 Å². The molecule has 0 saturated carbocycles. The van der Waals surface area contributed by atoms with Crippen molar-refractivity contribution >= 4 is 0 Å². The Hall–Kier alpha value is -0.830. The molecule has 0 aliphatic heterocycles. The molecule has 1 N–H and O–H groups in total. The molecule has 3 nitrogen and oxygen atoms in total. The van der Waals surface area contributed by atoms with Gasteiger partial charge in [0, 0.05) is 18.4 Å². The lowest BCUT2D eigenvalue weighted by atomic mass is 10.2. The molecule has 1 heterocycles. The Morgan fingerprint density at radius 2 is 2.42 bits per heavy atom. The maximum Gasteiger partial charge on any atom is 0.0515 e. The van der Waals surface area contributed by atoms with Crippen LogP contribution in [-0.4, -0.2) is 21.0 Å². The van der Waals surface area contributed by atoms with Crippen molar-refractivity contribution in [2.75, 3.05) is 0 Å². The summed E-state index contributed by atoms with van der Waals surface area (Å²) in [5, 5.41) is 13.2. The lowest BCUT2D eigenvalue weighted by Gasteiger charge is -2.05. The van der Waals surface area contributed by atoms with Gasteiger partial charge in [0.05, 0.1) is 6.10 Å². The van der Waals surface area contributed by atoms with Crippen LogP contribution in [0.4, 0.5) is 0 Å². The maximum atomic E-state index is 9.09. The fraction of sp³-hybridized carbons (Fsp3) is 0.667. The summed E-state index contributed by atoms with van der Waals surface area (Å²) in [6.07, 6.45) is 3.31. The van der Waals surface area contributed by atoms with Crippen molar-refractivity contribution in [1.82, 2.24) is 9.78 Å². The highest BCUT2D eigenvalue weighted by molar-refractivity contribution is 5.00. The SMILES string of the molecule is CCn1nccc1CC[C@H](C)O. The van der Waals surface area contributed by atoms with Gasteiger partial charge in [-0.15, -0.1) is 0 Å². The number of aliphatic hydroxyl groups is 1. The average molecular weight is 168 g/mol. The van der Waals surface area contributed by atoms with Crippen LogP contribution < -0.4 is 0 Å². The predicted molar refractivity (Wildman–Crippen MR) is 47.9 cm³/mol. The van der Waals surface area contributed by atoms with E-state index in [0.29, 0.717) is 0 Å². The molecule has 0 saturated heterocycles. The minimum atomic E-state index is -0.217. The predicted octanol–water partition coefficient (Wildman–Crippen LogP) is 1.22. The molecule has 0 amide bonds. The van der Waals surface area contributed by atoms with Crippen molar-refractivity contribution in [1.29, 1.82) is 0 Å². The molecular formula is C9H16N2O. The number of aryl methyl sites for hydroxylation is 2. The highest BCUT2D eigenvalue weighted by Crippen LogP contribution is 2.04. The van der Waals surface area contributed by atoms with Crippen molar-refractivity contribution in [3.8, 4) is 0 Å². The molecule has 1 atom stereocenters. The average Bonchev–Trinajstić information content (AvgIpc) is 2.47. The number of aromatic nitrogens is 2. The minimum Gasteiger partial charge on any atom is -0.393 e. The number of rotatable bonds is 4. The molecule has 0 unspecified atom stereocenters. The molecule has 12 heavy (non-hydrogen) atoms. The summed E-state index contributed by atoms with van der Waals surface area (Å²) in [7, 11) is 0. The first-order valence-corrected chi connectivity index (χ1v) is 4.42. The largest absolute Gasteiger partial charge is 0.393 e. The second kappa shape index (κ2) is 4.26. The summed E-state index contributed by atoms with van der Waals surface area (Å²) in [5.41, 5.74) is 1.21. The van der Waals surface area contributed by atoms with Crippen molar-refractivity contribution in [2.45, 2.75) is 39.3 Å². The monoisotopic (exact) mass is 168 g/mol. The summed E-state index contributed by atoms with van der Waals surface area (Å²) >= 11 is 0. The zero-order valence-corrected chi connectivity index (χ0v) is 7.70. The number of hydrogen-bond acceptors (Lipinski definition) is 2. The van der Waals surface area contributed by atoms with Crippen molar-refractivity contribution in [3.63, 3.8) is 0 Å². The summed E-state index contributed by atoms with van der Waals surface area (Å²) < 4.78 is 1.96. The van der Waals surface area contributed by atoms with Crippen LogP contribution in [-0.2, 0) is 13.0 Å². The van der Waals surface area contributed by atoms with Gasteiger partial charge in [-0.05, 0) is 32.8 Å². The molecular weight excluding hydrogens is 152 g/mol. The van der Waals surface area contributed by atoms with Crippen LogP contribution in [0.15, 0.2) is 12.3 Å². The Bertz CT molecular complexity index is 230. The van der Waals surface area contributed by atoms with Gasteiger partial charge in [-0.25, -0.2) is 0 Å². The van der Waals surface area contributed by atoms with Gasteiger partial charge in [-0.2, -0.15) is 5.10 Å². The summed E-state index contributed by atoms with van der Waals surface area (Å²) in [6.45, 7) is 4.79. The zero-order chi connectivity index (χ0) is 8.97. The van der Waals surface area contributed by atoms with Crippen molar-refractivity contribution in [3.05, 3.63) is 18.0 Å². The van der Waals surface area contributed by atoms with E-state index >= 15 is 0 Å². The van der Waals surface area contributed by atoms with Gasteiger partial charge in [-0.1, -0.05) is 0 Å². The minimum absolute atomic E-state index is 0.217. The van der Waals surface area contributed by atoms with Crippen molar-refractivity contribution in [2.24, 2.45) is 0 Å². The molecule has 0 aromatic carbocycles. The van der Waals surface area contributed by atoms with Crippen LogP contribution in [0.3, 0.4) is 0 Å². The normalized spacial score (nSPS) is 13.2. The smallest absolute Gasteiger partial charge is 0.0515 e. The quantitative estimate of drug-likeness (QED) is 0.734. The molecule has 0 aliphatic carbocycles. The highest BCUT2D eigenvalue weighted by Gasteiger charge is 2.02. The Kier molecular flexibility index (Phi) is 3.29. The van der Waals surface area contributed by atoms with Gasteiger partial charge in [0.25, 0.3) is 0 Å². The lowest BCUT2D eigenvalue weighted by molar-refractivity contribution is 0.184. The van der Waals surface area contributed by atoms with Gasteiger partial charge in [0.15, 0.2) is 0 Å². The summed E-state index contributed by atoms with van der Waals surface area (Å²) in [6, 6.07) is 2.01. The molecule has 1 aromatic heterocycles. The molecule has 0 bridgehead atoms. The van der Waals surface area contributed by atoms with Gasteiger partial charge in [0.2, 0.25) is 0 Å². The Morgan fingerprint density at radius 1 is 1.67 bits per heavy atom. The Labute approximate surface area is 73.0 Å². The maximum absolute atomic E-state index is 9.09. The lowest BCUT2D eigenvalue weighted by Crippen LogP contribution is -2.06. The number of aliphatic hydroxyl groups excluding tert-OH is 1. The van der Waals surface area contributed by atoms with E-state index in [2.05, 4.69) is 12.0 Å². The molecule has 3 heteroatoms. The van der Waals surface area contributed by atoms with E-state index in [9.17, 15) is 0 Å². The third kappa shape index (κ3) is 2.34. The van der Waals surface area contributed by atoms with E-state index in [-0.39, 0.29) is 6.10 Å². The molecule has 0 fully saturated rings. The Morgan fingerprint density at radius 3 is 3.00 bits per heavy atom. The summed E-state index contributed by atoms with van der Waals surface area (Å²) in [5.74, 6) is 0. The molecule has 1 rings (SSSR count). The first-order valence-electron chi connectivity index (χ1n) is 4.42. The fourth-order valence-corrected chi connectivity index (χ4v) is 1.21. The molecule has 0 radical (unpaired) electrons. The second-order valence-electron chi connectivity index (χ2n) is 3.03.